The van der Waals surface area contributed by atoms with Gasteiger partial charge in [-0.1, -0.05) is 18.2 Å². The van der Waals surface area contributed by atoms with Crippen LogP contribution in [0.2, 0.25) is 0 Å². The van der Waals surface area contributed by atoms with E-state index in [2.05, 4.69) is 10.6 Å². The minimum atomic E-state index is -4.62. The van der Waals surface area contributed by atoms with Crippen LogP contribution in [0.15, 0.2) is 48.5 Å². The number of carbonyl (C=O) groups excluding carboxylic acids is 3. The Morgan fingerprint density at radius 1 is 0.929 bits per heavy atom. The van der Waals surface area contributed by atoms with Crippen LogP contribution in [0, 0.1) is 0 Å². The molecule has 28 heavy (non-hydrogen) atoms. The standard InChI is InChI=1S/C19H17F3N2O4/c20-19(21,22)14-7-1-2-8-15(14)24-18(28)12-5-3-6-13(11-12)23-16(25)9-4-10-17(26)27/h1-3,5-8,11H,4,9-10H2,(H,23,25)(H,24,28)(H,26,27)/p-1. The molecule has 2 aromatic carbocycles. The maximum atomic E-state index is 13.0. The molecular formula is C19H16F3N2O4-. The Labute approximate surface area is 158 Å². The number of amides is 2. The number of carboxylic acids is 1. The molecule has 0 aliphatic heterocycles. The zero-order valence-corrected chi connectivity index (χ0v) is 14.5. The highest BCUT2D eigenvalue weighted by atomic mass is 19.4. The van der Waals surface area contributed by atoms with E-state index in [1.165, 1.54) is 36.4 Å². The molecule has 0 radical (unpaired) electrons. The van der Waals surface area contributed by atoms with Gasteiger partial charge in [0, 0.05) is 23.6 Å². The summed E-state index contributed by atoms with van der Waals surface area (Å²) in [6.07, 6.45) is -4.83. The number of anilines is 2. The number of benzene rings is 2. The lowest BCUT2D eigenvalue weighted by molar-refractivity contribution is -0.305. The van der Waals surface area contributed by atoms with Crippen LogP contribution >= 0.6 is 0 Å². The van der Waals surface area contributed by atoms with Gasteiger partial charge in [-0.2, -0.15) is 13.2 Å². The monoisotopic (exact) mass is 393 g/mol. The van der Waals surface area contributed by atoms with E-state index in [4.69, 9.17) is 0 Å². The van der Waals surface area contributed by atoms with Gasteiger partial charge in [-0.25, -0.2) is 0 Å². The Morgan fingerprint density at radius 2 is 1.64 bits per heavy atom. The molecule has 0 aliphatic carbocycles. The van der Waals surface area contributed by atoms with Crippen molar-refractivity contribution in [2.24, 2.45) is 0 Å². The lowest BCUT2D eigenvalue weighted by Crippen LogP contribution is -2.22. The van der Waals surface area contributed by atoms with Crippen molar-refractivity contribution in [3.05, 3.63) is 59.7 Å². The van der Waals surface area contributed by atoms with Gasteiger partial charge in [-0.3, -0.25) is 9.59 Å². The van der Waals surface area contributed by atoms with Crippen LogP contribution in [0.25, 0.3) is 0 Å². The maximum absolute atomic E-state index is 13.0. The first kappa shape index (κ1) is 20.9. The zero-order valence-electron chi connectivity index (χ0n) is 14.5. The smallest absolute Gasteiger partial charge is 0.418 e. The topological polar surface area (TPSA) is 98.3 Å². The average Bonchev–Trinajstić information content (AvgIpc) is 2.61. The second-order valence-corrected chi connectivity index (χ2v) is 5.85. The second-order valence-electron chi connectivity index (χ2n) is 5.85. The van der Waals surface area contributed by atoms with E-state index in [1.807, 2.05) is 0 Å². The first-order valence-corrected chi connectivity index (χ1v) is 8.24. The molecule has 0 saturated carbocycles. The van der Waals surface area contributed by atoms with Crippen LogP contribution < -0.4 is 15.7 Å². The van der Waals surface area contributed by atoms with Crippen molar-refractivity contribution in [3.63, 3.8) is 0 Å². The Morgan fingerprint density at radius 3 is 2.32 bits per heavy atom. The average molecular weight is 393 g/mol. The van der Waals surface area contributed by atoms with Crippen molar-refractivity contribution < 1.29 is 32.7 Å². The van der Waals surface area contributed by atoms with Crippen molar-refractivity contribution in [1.29, 1.82) is 0 Å². The Hall–Kier alpha value is -3.36. The largest absolute Gasteiger partial charge is 0.550 e. The summed E-state index contributed by atoms with van der Waals surface area (Å²) in [7, 11) is 0. The number of para-hydroxylation sites is 1. The fourth-order valence-corrected chi connectivity index (χ4v) is 2.39. The van der Waals surface area contributed by atoms with Gasteiger partial charge in [0.05, 0.1) is 11.3 Å². The summed E-state index contributed by atoms with van der Waals surface area (Å²) in [5.41, 5.74) is -1.04. The van der Waals surface area contributed by atoms with E-state index < -0.39 is 29.5 Å². The molecule has 0 aromatic heterocycles. The number of carbonyl (C=O) groups is 3. The lowest BCUT2D eigenvalue weighted by Gasteiger charge is -2.14. The predicted molar refractivity (Wildman–Crippen MR) is 93.3 cm³/mol. The molecule has 0 fully saturated rings. The Balaban J connectivity index is 2.07. The zero-order chi connectivity index (χ0) is 20.7. The van der Waals surface area contributed by atoms with Crippen molar-refractivity contribution in [1.82, 2.24) is 0 Å². The van der Waals surface area contributed by atoms with Gasteiger partial charge in [0.1, 0.15) is 0 Å². The third kappa shape index (κ3) is 6.11. The first-order valence-electron chi connectivity index (χ1n) is 8.24. The molecule has 0 atom stereocenters. The van der Waals surface area contributed by atoms with Gasteiger partial charge in [-0.05, 0) is 43.2 Å². The van der Waals surface area contributed by atoms with Crippen molar-refractivity contribution in [3.8, 4) is 0 Å². The van der Waals surface area contributed by atoms with Crippen LogP contribution in [0.1, 0.15) is 35.2 Å². The van der Waals surface area contributed by atoms with E-state index in [0.717, 1.165) is 12.1 Å². The molecule has 6 nitrogen and oxygen atoms in total. The Kier molecular flexibility index (Phi) is 6.75. The number of halogens is 3. The summed E-state index contributed by atoms with van der Waals surface area (Å²) in [5.74, 6) is -2.49. The molecule has 2 N–H and O–H groups in total. The minimum Gasteiger partial charge on any atom is -0.550 e. The number of nitrogens with one attached hydrogen (secondary N) is 2. The molecule has 2 amide bonds. The molecule has 9 heteroatoms. The molecule has 2 rings (SSSR count). The van der Waals surface area contributed by atoms with Crippen molar-refractivity contribution in [2.45, 2.75) is 25.4 Å². The number of rotatable bonds is 7. The number of carboxylic acid groups (broad SMARTS) is 1. The van der Waals surface area contributed by atoms with Crippen LogP contribution in [0.4, 0.5) is 24.5 Å². The first-order chi connectivity index (χ1) is 13.2. The maximum Gasteiger partial charge on any atom is 0.418 e. The van der Waals surface area contributed by atoms with E-state index in [0.29, 0.717) is 0 Å². The highest BCUT2D eigenvalue weighted by Gasteiger charge is 2.33. The van der Waals surface area contributed by atoms with Gasteiger partial charge < -0.3 is 20.5 Å². The predicted octanol–water partition coefficient (Wildman–Crippen LogP) is 2.82. The van der Waals surface area contributed by atoms with Gasteiger partial charge in [0.15, 0.2) is 0 Å². The minimum absolute atomic E-state index is 0.0458. The van der Waals surface area contributed by atoms with Crippen LogP contribution in [0.3, 0.4) is 0 Å². The van der Waals surface area contributed by atoms with Crippen LogP contribution in [-0.4, -0.2) is 17.8 Å². The summed E-state index contributed by atoms with van der Waals surface area (Å²) in [6, 6.07) is 10.2. The van der Waals surface area contributed by atoms with E-state index in [1.54, 1.807) is 0 Å². The van der Waals surface area contributed by atoms with Crippen LogP contribution in [-0.2, 0) is 15.8 Å². The summed E-state index contributed by atoms with van der Waals surface area (Å²) in [6.45, 7) is 0. The van der Waals surface area contributed by atoms with Gasteiger partial charge in [-0.15, -0.1) is 0 Å². The molecule has 0 spiro atoms. The van der Waals surface area contributed by atoms with E-state index >= 15 is 0 Å². The summed E-state index contributed by atoms with van der Waals surface area (Å²) >= 11 is 0. The second kappa shape index (κ2) is 9.03. The fourth-order valence-electron chi connectivity index (χ4n) is 2.39. The number of hydrogen-bond donors (Lipinski definition) is 2. The molecule has 148 valence electrons. The molecular weight excluding hydrogens is 377 g/mol. The Bertz CT molecular complexity index is 881. The summed E-state index contributed by atoms with van der Waals surface area (Å²) in [5, 5.41) is 15.1. The highest BCUT2D eigenvalue weighted by Crippen LogP contribution is 2.34. The third-order valence-electron chi connectivity index (χ3n) is 3.67. The summed E-state index contributed by atoms with van der Waals surface area (Å²) in [4.78, 5) is 34.4. The third-order valence-corrected chi connectivity index (χ3v) is 3.67. The van der Waals surface area contributed by atoms with Gasteiger partial charge in [0.25, 0.3) is 5.91 Å². The normalized spacial score (nSPS) is 11.0. The van der Waals surface area contributed by atoms with Crippen molar-refractivity contribution >= 4 is 29.2 Å². The molecule has 0 heterocycles. The SMILES string of the molecule is O=C([O-])CCCC(=O)Nc1cccc(C(=O)Nc2ccccc2C(F)(F)F)c1. The number of alkyl halides is 3. The molecule has 0 unspecified atom stereocenters. The van der Waals surface area contributed by atoms with Gasteiger partial charge >= 0.3 is 6.18 Å². The van der Waals surface area contributed by atoms with Crippen molar-refractivity contribution in [2.75, 3.05) is 10.6 Å². The molecule has 0 saturated heterocycles. The number of aliphatic carboxylic acids is 1. The summed E-state index contributed by atoms with van der Waals surface area (Å²) < 4.78 is 39.1. The molecule has 2 aromatic rings. The quantitative estimate of drug-likeness (QED) is 0.756. The highest BCUT2D eigenvalue weighted by molar-refractivity contribution is 6.05. The van der Waals surface area contributed by atoms with Gasteiger partial charge in [0.2, 0.25) is 5.91 Å². The fraction of sp³-hybridized carbons (Fsp3) is 0.211. The lowest BCUT2D eigenvalue weighted by atomic mass is 10.1. The molecule has 0 aliphatic rings. The number of hydrogen-bond acceptors (Lipinski definition) is 4. The molecule has 0 bridgehead atoms. The van der Waals surface area contributed by atoms with E-state index in [9.17, 15) is 32.7 Å². The van der Waals surface area contributed by atoms with Crippen LogP contribution in [0.5, 0.6) is 0 Å². The van der Waals surface area contributed by atoms with E-state index in [-0.39, 0.29) is 36.2 Å².